The molecule has 7 rings (SSSR count). The van der Waals surface area contributed by atoms with Crippen molar-refractivity contribution in [3.05, 3.63) is 146 Å². The molecule has 0 N–H and O–H groups in total. The maximum Gasteiger partial charge on any atom is 0.183 e. The quantitative estimate of drug-likeness (QED) is 0.212. The molecule has 0 unspecified atom stereocenters. The molecular weight excluding hydrogens is 516 g/mol. The molecule has 42 heavy (non-hydrogen) atoms. The van der Waals surface area contributed by atoms with E-state index in [9.17, 15) is 0 Å². The summed E-state index contributed by atoms with van der Waals surface area (Å²) in [5.74, 6) is 1.34. The van der Waals surface area contributed by atoms with Gasteiger partial charge in [0.1, 0.15) is 17.1 Å². The van der Waals surface area contributed by atoms with Gasteiger partial charge in [-0.15, -0.1) is 0 Å². The summed E-state index contributed by atoms with van der Waals surface area (Å²) in [7, 11) is 0. The topological polar surface area (TPSA) is 77.3 Å². The van der Waals surface area contributed by atoms with E-state index in [2.05, 4.69) is 36.4 Å². The van der Waals surface area contributed by atoms with Crippen molar-refractivity contribution in [2.75, 3.05) is 0 Å². The Morgan fingerprint density at radius 1 is 0.286 bits per heavy atom. The van der Waals surface area contributed by atoms with Crippen molar-refractivity contribution in [3.63, 3.8) is 0 Å². The number of pyridine rings is 3. The third-order valence-corrected chi connectivity index (χ3v) is 6.95. The smallest absolute Gasteiger partial charge is 0.183 e. The highest BCUT2D eigenvalue weighted by Gasteiger charge is 2.21. The van der Waals surface area contributed by atoms with E-state index in [-0.39, 0.29) is 0 Å². The highest BCUT2D eigenvalue weighted by atomic mass is 15.1. The largest absolute Gasteiger partial charge is 0.252 e. The molecule has 0 radical (unpaired) electrons. The molecule has 3 aromatic carbocycles. The van der Waals surface area contributed by atoms with Gasteiger partial charge in [0.05, 0.1) is 0 Å². The summed E-state index contributed by atoms with van der Waals surface area (Å²) in [5.41, 5.74) is 7.81. The highest BCUT2D eigenvalue weighted by molar-refractivity contribution is 5.83. The van der Waals surface area contributed by atoms with Crippen LogP contribution in [0.4, 0.5) is 0 Å². The summed E-state index contributed by atoms with van der Waals surface area (Å²) in [6.45, 7) is 0. The number of benzene rings is 3. The zero-order chi connectivity index (χ0) is 28.1. The Labute approximate surface area is 243 Å². The molecule has 6 nitrogen and oxygen atoms in total. The van der Waals surface area contributed by atoms with E-state index in [4.69, 9.17) is 29.9 Å². The minimum absolute atomic E-state index is 0.448. The second-order valence-corrected chi connectivity index (χ2v) is 9.60. The molecule has 0 saturated heterocycles. The van der Waals surface area contributed by atoms with Crippen LogP contribution in [-0.4, -0.2) is 29.9 Å². The van der Waals surface area contributed by atoms with E-state index in [0.29, 0.717) is 34.6 Å². The van der Waals surface area contributed by atoms with Gasteiger partial charge >= 0.3 is 0 Å². The standard InChI is InChI=1S/C36H24N6/c1-4-13-25(14-5-1)28-19-10-22-37-31(28)34-40-35(32-29(20-11-23-38-32)26-15-6-2-7-16-26)42-36(41-34)33-30(21-12-24-39-33)27-17-8-3-9-18-27/h1-24H. The van der Waals surface area contributed by atoms with Crippen molar-refractivity contribution in [2.45, 2.75) is 0 Å². The summed E-state index contributed by atoms with van der Waals surface area (Å²) < 4.78 is 0. The Morgan fingerprint density at radius 2 is 0.571 bits per heavy atom. The Morgan fingerprint density at radius 3 is 0.857 bits per heavy atom. The van der Waals surface area contributed by atoms with E-state index >= 15 is 0 Å². The lowest BCUT2D eigenvalue weighted by molar-refractivity contribution is 1.04. The third-order valence-electron chi connectivity index (χ3n) is 6.95. The van der Waals surface area contributed by atoms with Gasteiger partial charge in [0.25, 0.3) is 0 Å². The van der Waals surface area contributed by atoms with Crippen molar-refractivity contribution in [3.8, 4) is 67.9 Å². The maximum atomic E-state index is 5.00. The molecule has 0 amide bonds. The molecule has 0 aliphatic carbocycles. The predicted molar refractivity (Wildman–Crippen MR) is 166 cm³/mol. The Balaban J connectivity index is 1.49. The van der Waals surface area contributed by atoms with E-state index in [1.807, 2.05) is 91.0 Å². The second-order valence-electron chi connectivity index (χ2n) is 9.60. The third kappa shape index (κ3) is 4.93. The van der Waals surface area contributed by atoms with Crippen molar-refractivity contribution in [1.82, 2.24) is 29.9 Å². The summed E-state index contributed by atoms with van der Waals surface area (Å²) in [4.78, 5) is 29.3. The molecule has 0 fully saturated rings. The molecule has 0 aliphatic rings. The van der Waals surface area contributed by atoms with Gasteiger partial charge in [-0.3, -0.25) is 15.0 Å². The molecule has 198 valence electrons. The lowest BCUT2D eigenvalue weighted by Gasteiger charge is -2.13. The number of nitrogens with zero attached hydrogens (tertiary/aromatic N) is 6. The molecule has 0 aliphatic heterocycles. The zero-order valence-corrected chi connectivity index (χ0v) is 22.5. The minimum atomic E-state index is 0.448. The first-order valence-corrected chi connectivity index (χ1v) is 13.6. The van der Waals surface area contributed by atoms with Crippen molar-refractivity contribution < 1.29 is 0 Å². The van der Waals surface area contributed by atoms with Gasteiger partial charge in [-0.2, -0.15) is 0 Å². The first kappa shape index (κ1) is 25.1. The fraction of sp³-hybridized carbons (Fsp3) is 0. The van der Waals surface area contributed by atoms with Crippen LogP contribution in [0.15, 0.2) is 146 Å². The van der Waals surface area contributed by atoms with Crippen LogP contribution in [-0.2, 0) is 0 Å². The number of hydrogen-bond acceptors (Lipinski definition) is 6. The van der Waals surface area contributed by atoms with Crippen LogP contribution in [0.3, 0.4) is 0 Å². The molecule has 0 bridgehead atoms. The molecule has 0 saturated carbocycles. The van der Waals surface area contributed by atoms with Crippen LogP contribution < -0.4 is 0 Å². The Kier molecular flexibility index (Phi) is 6.76. The summed E-state index contributed by atoms with van der Waals surface area (Å²) in [6.07, 6.45) is 5.28. The maximum absolute atomic E-state index is 5.00. The lowest BCUT2D eigenvalue weighted by Crippen LogP contribution is -2.05. The molecule has 0 spiro atoms. The second kappa shape index (κ2) is 11.3. The first-order chi connectivity index (χ1) is 20.8. The fourth-order valence-electron chi connectivity index (χ4n) is 5.00. The van der Waals surface area contributed by atoms with Crippen LogP contribution >= 0.6 is 0 Å². The van der Waals surface area contributed by atoms with Gasteiger partial charge in [0.2, 0.25) is 0 Å². The minimum Gasteiger partial charge on any atom is -0.252 e. The first-order valence-electron chi connectivity index (χ1n) is 13.6. The van der Waals surface area contributed by atoms with Gasteiger partial charge in [0, 0.05) is 35.3 Å². The lowest BCUT2D eigenvalue weighted by atomic mass is 10.0. The van der Waals surface area contributed by atoms with Crippen molar-refractivity contribution >= 4 is 0 Å². The van der Waals surface area contributed by atoms with Gasteiger partial charge in [-0.05, 0) is 34.9 Å². The van der Waals surface area contributed by atoms with Crippen LogP contribution in [0.1, 0.15) is 0 Å². The molecule has 4 heterocycles. The van der Waals surface area contributed by atoms with Crippen molar-refractivity contribution in [2.24, 2.45) is 0 Å². The monoisotopic (exact) mass is 540 g/mol. The van der Waals surface area contributed by atoms with Crippen LogP contribution in [0.25, 0.3) is 67.9 Å². The summed E-state index contributed by atoms with van der Waals surface area (Å²) >= 11 is 0. The Bertz CT molecular complexity index is 1730. The van der Waals surface area contributed by atoms with Gasteiger partial charge in [0.15, 0.2) is 17.5 Å². The van der Waals surface area contributed by atoms with E-state index < -0.39 is 0 Å². The molecule has 7 aromatic rings. The summed E-state index contributed by atoms with van der Waals surface area (Å²) in [6, 6.07) is 42.3. The van der Waals surface area contributed by atoms with E-state index in [0.717, 1.165) is 33.4 Å². The van der Waals surface area contributed by atoms with Gasteiger partial charge in [-0.1, -0.05) is 109 Å². The van der Waals surface area contributed by atoms with E-state index in [1.165, 1.54) is 0 Å². The predicted octanol–water partition coefficient (Wildman–Crippen LogP) is 8.06. The average Bonchev–Trinajstić information content (AvgIpc) is 3.09. The number of hydrogen-bond donors (Lipinski definition) is 0. The SMILES string of the molecule is c1ccc(-c2cccnc2-c2nc(-c3ncccc3-c3ccccc3)nc(-c3ncccc3-c3ccccc3)n2)cc1. The van der Waals surface area contributed by atoms with Crippen LogP contribution in [0, 0.1) is 0 Å². The highest BCUT2D eigenvalue weighted by Crippen LogP contribution is 2.35. The molecule has 0 atom stereocenters. The fourth-order valence-corrected chi connectivity index (χ4v) is 5.00. The number of rotatable bonds is 6. The van der Waals surface area contributed by atoms with Gasteiger partial charge < -0.3 is 0 Å². The van der Waals surface area contributed by atoms with Crippen LogP contribution in [0.2, 0.25) is 0 Å². The zero-order valence-electron chi connectivity index (χ0n) is 22.5. The van der Waals surface area contributed by atoms with Crippen molar-refractivity contribution in [1.29, 1.82) is 0 Å². The number of aromatic nitrogens is 6. The van der Waals surface area contributed by atoms with Gasteiger partial charge in [-0.25, -0.2) is 15.0 Å². The summed E-state index contributed by atoms with van der Waals surface area (Å²) in [5, 5.41) is 0. The Hall–Kier alpha value is -5.88. The molecule has 4 aromatic heterocycles. The molecule has 6 heteroatoms. The molecular formula is C36H24N6. The average molecular weight is 541 g/mol. The van der Waals surface area contributed by atoms with E-state index in [1.54, 1.807) is 18.6 Å². The van der Waals surface area contributed by atoms with Crippen LogP contribution in [0.5, 0.6) is 0 Å². The normalized spacial score (nSPS) is 10.9.